The number of halogens is 1. The molecule has 10 nitrogen and oxygen atoms in total. The van der Waals surface area contributed by atoms with Crippen molar-refractivity contribution < 1.29 is 40.0 Å². The topological polar surface area (TPSA) is 133 Å². The minimum absolute atomic E-state index is 0.168. The molecule has 13 heteroatoms. The summed E-state index contributed by atoms with van der Waals surface area (Å²) in [5.41, 5.74) is 5.38. The van der Waals surface area contributed by atoms with Gasteiger partial charge in [0.15, 0.2) is 5.71 Å². The van der Waals surface area contributed by atoms with E-state index >= 15 is 0 Å². The van der Waals surface area contributed by atoms with Crippen molar-refractivity contribution >= 4 is 74.8 Å². The number of rotatable bonds is 16. The summed E-state index contributed by atoms with van der Waals surface area (Å²) in [5.74, 6) is -0.402. The molecular formula is C43H50BrN2O8S2+. The molecule has 0 radical (unpaired) electrons. The summed E-state index contributed by atoms with van der Waals surface area (Å²) >= 11 is 3.84. The van der Waals surface area contributed by atoms with Crippen molar-refractivity contribution in [1.82, 2.24) is 0 Å². The monoisotopic (exact) mass is 865 g/mol. The standard InChI is InChI=1S/C43H49BrN2O8S2/c1-6-24-45-36-18-12-30-10-7-8-11-34(30)40(36)42(2,22-26-53-4)38(45)20-14-32(44)15-21-39-43(3,23-27-54-5)41-35-17-16-33(56(50,51)52)29-31(35)13-19-37(41)46(39)25-9-28-55(47,48)49/h7-8,10-21,29H,6,9,22-28H2,1-5H3,(H-,47,48,49,50,51,52)/p+1. The van der Waals surface area contributed by atoms with E-state index in [0.717, 1.165) is 46.2 Å². The molecule has 0 amide bonds. The van der Waals surface area contributed by atoms with Crippen LogP contribution in [0.5, 0.6) is 0 Å². The molecule has 2 atom stereocenters. The molecular weight excluding hydrogens is 817 g/mol. The van der Waals surface area contributed by atoms with E-state index in [4.69, 9.17) is 9.47 Å². The zero-order chi connectivity index (χ0) is 40.5. The Hall–Kier alpha value is -3.69. The maximum atomic E-state index is 12.0. The average Bonchev–Trinajstić information content (AvgIpc) is 3.54. The lowest BCUT2D eigenvalue weighted by atomic mass is 9.75. The van der Waals surface area contributed by atoms with Crippen LogP contribution in [0.25, 0.3) is 21.5 Å². The van der Waals surface area contributed by atoms with Crippen molar-refractivity contribution in [3.8, 4) is 0 Å². The summed E-state index contributed by atoms with van der Waals surface area (Å²) in [6.07, 6.45) is 10.8. The summed E-state index contributed by atoms with van der Waals surface area (Å²) in [4.78, 5) is 1.87. The van der Waals surface area contributed by atoms with Crippen molar-refractivity contribution in [2.45, 2.75) is 62.2 Å². The van der Waals surface area contributed by atoms with Crippen LogP contribution in [0.15, 0.2) is 106 Å². The van der Waals surface area contributed by atoms with Crippen molar-refractivity contribution in [2.24, 2.45) is 0 Å². The first-order valence-corrected chi connectivity index (χ1v) is 22.6. The van der Waals surface area contributed by atoms with E-state index in [-0.39, 0.29) is 16.7 Å². The number of benzene rings is 4. The number of nitrogens with zero attached hydrogens (tertiary/aromatic N) is 2. The number of hydrogen-bond acceptors (Lipinski definition) is 7. The Labute approximate surface area is 338 Å². The highest BCUT2D eigenvalue weighted by Gasteiger charge is 2.48. The van der Waals surface area contributed by atoms with Gasteiger partial charge in [0.05, 0.1) is 16.1 Å². The van der Waals surface area contributed by atoms with Gasteiger partial charge in [-0.15, -0.1) is 0 Å². The van der Waals surface area contributed by atoms with Crippen molar-refractivity contribution in [3.63, 3.8) is 0 Å². The molecule has 2 aliphatic rings. The maximum Gasteiger partial charge on any atom is 0.294 e. The highest BCUT2D eigenvalue weighted by atomic mass is 79.9. The summed E-state index contributed by atoms with van der Waals surface area (Å²) < 4.78 is 81.5. The second-order valence-corrected chi connectivity index (χ2v) is 18.8. The fourth-order valence-corrected chi connectivity index (χ4v) is 9.86. The largest absolute Gasteiger partial charge is 0.385 e. The Morgan fingerprint density at radius 3 is 2.23 bits per heavy atom. The SMILES string of the molecule is CCC[N+]1=C(/C=C/C(Br)=C/C=C2/N(CCCS(=O)(=O)O)c3ccc4cc(S(=O)(=O)O)ccc4c3C2(C)CCOC)C(C)(CCOC)c2c1ccc1ccccc21. The van der Waals surface area contributed by atoms with Gasteiger partial charge in [-0.05, 0) is 103 Å². The Morgan fingerprint density at radius 2 is 1.55 bits per heavy atom. The maximum absolute atomic E-state index is 12.0. The van der Waals surface area contributed by atoms with Gasteiger partial charge >= 0.3 is 0 Å². The molecule has 2 N–H and O–H groups in total. The first-order valence-electron chi connectivity index (χ1n) is 18.8. The first kappa shape index (κ1) is 41.9. The molecule has 2 unspecified atom stereocenters. The molecule has 4 aromatic rings. The fraction of sp³-hybridized carbons (Fsp3) is 0.372. The molecule has 0 aromatic heterocycles. The summed E-state index contributed by atoms with van der Waals surface area (Å²) in [6.45, 7) is 8.76. The van der Waals surface area contributed by atoms with E-state index in [9.17, 15) is 25.9 Å². The molecule has 0 fully saturated rings. The van der Waals surface area contributed by atoms with E-state index in [1.807, 2.05) is 18.2 Å². The Kier molecular flexibility index (Phi) is 12.5. The van der Waals surface area contributed by atoms with E-state index in [1.165, 1.54) is 39.9 Å². The van der Waals surface area contributed by atoms with Gasteiger partial charge in [-0.25, -0.2) is 0 Å². The zero-order valence-electron chi connectivity index (χ0n) is 32.5. The smallest absolute Gasteiger partial charge is 0.294 e. The van der Waals surface area contributed by atoms with Crippen molar-refractivity contribution in [1.29, 1.82) is 0 Å². The van der Waals surface area contributed by atoms with Gasteiger partial charge in [-0.1, -0.05) is 59.3 Å². The third-order valence-corrected chi connectivity index (χ3v) is 13.4. The van der Waals surface area contributed by atoms with Crippen molar-refractivity contribution in [3.05, 3.63) is 112 Å². The number of anilines is 1. The van der Waals surface area contributed by atoms with Gasteiger partial charge in [-0.2, -0.15) is 21.4 Å². The van der Waals surface area contributed by atoms with E-state index in [2.05, 4.69) is 94.7 Å². The van der Waals surface area contributed by atoms with Gasteiger partial charge in [0.1, 0.15) is 6.54 Å². The Morgan fingerprint density at radius 1 is 0.875 bits per heavy atom. The van der Waals surface area contributed by atoms with Gasteiger partial charge in [0, 0.05) is 79.4 Å². The predicted octanol–water partition coefficient (Wildman–Crippen LogP) is 8.85. The average molecular weight is 867 g/mol. The molecule has 0 saturated carbocycles. The van der Waals surface area contributed by atoms with Gasteiger partial charge in [0.2, 0.25) is 5.69 Å². The summed E-state index contributed by atoms with van der Waals surface area (Å²) in [5, 5.41) is 3.87. The lowest BCUT2D eigenvalue weighted by molar-refractivity contribution is -0.437. The Balaban J connectivity index is 1.47. The van der Waals surface area contributed by atoms with E-state index in [1.54, 1.807) is 26.4 Å². The lowest BCUT2D eigenvalue weighted by Crippen LogP contribution is -2.33. The number of methoxy groups -OCH3 is 2. The summed E-state index contributed by atoms with van der Waals surface area (Å²) in [6, 6.07) is 21.2. The van der Waals surface area contributed by atoms with Gasteiger partial charge < -0.3 is 14.4 Å². The van der Waals surface area contributed by atoms with Crippen LogP contribution in [-0.2, 0) is 40.5 Å². The molecule has 6 rings (SSSR count). The van der Waals surface area contributed by atoms with Crippen LogP contribution in [0.3, 0.4) is 0 Å². The Bertz CT molecular complexity index is 2510. The molecule has 56 heavy (non-hydrogen) atoms. The number of ether oxygens (including phenoxy) is 2. The lowest BCUT2D eigenvalue weighted by Gasteiger charge is -2.30. The quantitative estimate of drug-likeness (QED) is 0.0644. The minimum atomic E-state index is -4.43. The van der Waals surface area contributed by atoms with Crippen LogP contribution in [0.4, 0.5) is 11.4 Å². The predicted molar refractivity (Wildman–Crippen MR) is 228 cm³/mol. The third-order valence-electron chi connectivity index (χ3n) is 11.2. The highest BCUT2D eigenvalue weighted by Crippen LogP contribution is 2.53. The van der Waals surface area contributed by atoms with E-state index < -0.39 is 31.4 Å². The molecule has 0 saturated heterocycles. The molecule has 0 aliphatic carbocycles. The number of fused-ring (bicyclic) bond motifs is 6. The first-order chi connectivity index (χ1) is 26.6. The fourth-order valence-electron chi connectivity index (χ4n) is 8.59. The van der Waals surface area contributed by atoms with Crippen LogP contribution in [-0.4, -0.2) is 82.5 Å². The van der Waals surface area contributed by atoms with Gasteiger partial charge in [0.25, 0.3) is 20.2 Å². The zero-order valence-corrected chi connectivity index (χ0v) is 35.7. The molecule has 298 valence electrons. The molecule has 2 heterocycles. The minimum Gasteiger partial charge on any atom is -0.385 e. The van der Waals surface area contributed by atoms with Crippen LogP contribution >= 0.6 is 15.9 Å². The van der Waals surface area contributed by atoms with Crippen molar-refractivity contribution in [2.75, 3.05) is 51.2 Å². The highest BCUT2D eigenvalue weighted by molar-refractivity contribution is 9.11. The number of hydrogen-bond donors (Lipinski definition) is 2. The molecule has 0 spiro atoms. The van der Waals surface area contributed by atoms with Gasteiger partial charge in [-0.3, -0.25) is 9.11 Å². The third kappa shape index (κ3) is 8.18. The van der Waals surface area contributed by atoms with Crippen LogP contribution in [0.1, 0.15) is 57.6 Å². The van der Waals surface area contributed by atoms with Crippen LogP contribution < -0.4 is 4.90 Å². The second-order valence-electron chi connectivity index (χ2n) is 14.9. The van der Waals surface area contributed by atoms with E-state index in [0.29, 0.717) is 31.6 Å². The normalized spacial score (nSPS) is 21.0. The molecule has 0 bridgehead atoms. The summed E-state index contributed by atoms with van der Waals surface area (Å²) in [7, 11) is -5.24. The number of allylic oxidation sites excluding steroid dienone is 6. The molecule has 4 aromatic carbocycles. The molecule has 2 aliphatic heterocycles. The van der Waals surface area contributed by atoms with Crippen LogP contribution in [0, 0.1) is 0 Å². The van der Waals surface area contributed by atoms with Crippen LogP contribution in [0.2, 0.25) is 0 Å². The second kappa shape index (κ2) is 16.7.